The van der Waals surface area contributed by atoms with Gasteiger partial charge >= 0.3 is 0 Å². The molecule has 0 bridgehead atoms. The van der Waals surface area contributed by atoms with Crippen LogP contribution in [0.15, 0.2) is 24.3 Å². The van der Waals surface area contributed by atoms with Gasteiger partial charge in [0.1, 0.15) is 23.2 Å². The van der Waals surface area contributed by atoms with Gasteiger partial charge in [0.2, 0.25) is 5.95 Å². The molecule has 1 aromatic heterocycles. The minimum atomic E-state index is 0.0170. The molecule has 0 spiro atoms. The summed E-state index contributed by atoms with van der Waals surface area (Å²) >= 11 is 0. The van der Waals surface area contributed by atoms with Crippen LogP contribution < -0.4 is 16.2 Å². The summed E-state index contributed by atoms with van der Waals surface area (Å²) in [7, 11) is 0. The second-order valence-electron chi connectivity index (χ2n) is 4.44. The smallest absolute Gasteiger partial charge is 0.222 e. The Kier molecular flexibility index (Phi) is 4.74. The van der Waals surface area contributed by atoms with Crippen LogP contribution in [0.4, 0.5) is 11.8 Å². The van der Waals surface area contributed by atoms with Crippen molar-refractivity contribution in [3.8, 4) is 29.1 Å². The van der Waals surface area contributed by atoms with E-state index in [1.807, 2.05) is 6.07 Å². The van der Waals surface area contributed by atoms with Crippen molar-refractivity contribution in [3.05, 3.63) is 29.8 Å². The fourth-order valence-corrected chi connectivity index (χ4v) is 1.87. The molecular formula is C15H14N6O. The number of hydrogen-bond donors (Lipinski definition) is 2. The minimum Gasteiger partial charge on any atom is -0.494 e. The third-order valence-electron chi connectivity index (χ3n) is 2.90. The summed E-state index contributed by atoms with van der Waals surface area (Å²) in [4.78, 5) is 7.86. The van der Waals surface area contributed by atoms with Crippen LogP contribution in [0.25, 0.3) is 11.3 Å². The number of nitriles is 2. The van der Waals surface area contributed by atoms with Crippen LogP contribution in [0.5, 0.6) is 5.75 Å². The van der Waals surface area contributed by atoms with Gasteiger partial charge in [0, 0.05) is 12.0 Å². The maximum absolute atomic E-state index is 9.17. The molecule has 0 aliphatic heterocycles. The Morgan fingerprint density at radius 1 is 1.09 bits per heavy atom. The zero-order valence-electron chi connectivity index (χ0n) is 11.8. The largest absolute Gasteiger partial charge is 0.494 e. The number of nitrogen functional groups attached to an aromatic ring is 2. The molecule has 0 aliphatic carbocycles. The van der Waals surface area contributed by atoms with Crippen LogP contribution in [0, 0.1) is 22.7 Å². The SMILES string of the molecule is N#CCCCOc1ccc(-c2nc(N)nc(N)c2C#N)cc1. The number of benzene rings is 1. The number of nitrogens with zero attached hydrogens (tertiary/aromatic N) is 4. The fourth-order valence-electron chi connectivity index (χ4n) is 1.87. The molecule has 0 unspecified atom stereocenters. The molecule has 7 heteroatoms. The van der Waals surface area contributed by atoms with Gasteiger partial charge in [0.05, 0.1) is 18.4 Å². The number of ether oxygens (including phenoxy) is 1. The Bertz CT molecular complexity index is 742. The summed E-state index contributed by atoms with van der Waals surface area (Å²) in [6.45, 7) is 0.476. The van der Waals surface area contributed by atoms with Crippen molar-refractivity contribution in [3.63, 3.8) is 0 Å². The molecule has 2 rings (SSSR count). The highest BCUT2D eigenvalue weighted by atomic mass is 16.5. The van der Waals surface area contributed by atoms with E-state index >= 15 is 0 Å². The molecule has 0 amide bonds. The van der Waals surface area contributed by atoms with Crippen LogP contribution in [-0.4, -0.2) is 16.6 Å². The van der Waals surface area contributed by atoms with E-state index in [1.54, 1.807) is 24.3 Å². The van der Waals surface area contributed by atoms with E-state index in [2.05, 4.69) is 16.0 Å². The zero-order valence-corrected chi connectivity index (χ0v) is 11.8. The number of unbranched alkanes of at least 4 members (excludes halogenated alkanes) is 1. The Labute approximate surface area is 127 Å². The first-order valence-corrected chi connectivity index (χ1v) is 6.59. The van der Waals surface area contributed by atoms with Crippen molar-refractivity contribution in [1.29, 1.82) is 10.5 Å². The summed E-state index contributed by atoms with van der Waals surface area (Å²) in [6.07, 6.45) is 1.14. The van der Waals surface area contributed by atoms with E-state index in [-0.39, 0.29) is 17.3 Å². The van der Waals surface area contributed by atoms with Gasteiger partial charge in [0.25, 0.3) is 0 Å². The van der Waals surface area contributed by atoms with Gasteiger partial charge in [0.15, 0.2) is 0 Å². The summed E-state index contributed by atoms with van der Waals surface area (Å²) in [5.41, 5.74) is 12.6. The average molecular weight is 294 g/mol. The Balaban J connectivity index is 2.21. The molecule has 22 heavy (non-hydrogen) atoms. The summed E-state index contributed by atoms with van der Waals surface area (Å²) in [6, 6.07) is 11.1. The van der Waals surface area contributed by atoms with E-state index in [4.69, 9.17) is 21.5 Å². The van der Waals surface area contributed by atoms with Gasteiger partial charge < -0.3 is 16.2 Å². The molecule has 110 valence electrons. The number of anilines is 2. The molecule has 0 radical (unpaired) electrons. The number of rotatable bonds is 5. The van der Waals surface area contributed by atoms with Crippen molar-refractivity contribution in [2.45, 2.75) is 12.8 Å². The van der Waals surface area contributed by atoms with Crippen molar-refractivity contribution < 1.29 is 4.74 Å². The number of nitrogens with two attached hydrogens (primary N) is 2. The lowest BCUT2D eigenvalue weighted by atomic mass is 10.1. The van der Waals surface area contributed by atoms with Crippen LogP contribution in [0.1, 0.15) is 18.4 Å². The summed E-state index contributed by atoms with van der Waals surface area (Å²) < 4.78 is 5.50. The molecule has 0 fully saturated rings. The highest BCUT2D eigenvalue weighted by Crippen LogP contribution is 2.26. The topological polar surface area (TPSA) is 135 Å². The van der Waals surface area contributed by atoms with E-state index in [9.17, 15) is 5.26 Å². The van der Waals surface area contributed by atoms with Gasteiger partial charge in [-0.1, -0.05) is 0 Å². The highest BCUT2D eigenvalue weighted by Gasteiger charge is 2.13. The third kappa shape index (κ3) is 3.41. The zero-order chi connectivity index (χ0) is 15.9. The quantitative estimate of drug-likeness (QED) is 0.803. The molecule has 4 N–H and O–H groups in total. The van der Waals surface area contributed by atoms with Crippen LogP contribution in [-0.2, 0) is 0 Å². The van der Waals surface area contributed by atoms with Gasteiger partial charge in [-0.25, -0.2) is 4.98 Å². The molecule has 7 nitrogen and oxygen atoms in total. The highest BCUT2D eigenvalue weighted by molar-refractivity contribution is 5.73. The van der Waals surface area contributed by atoms with E-state index < -0.39 is 0 Å². The van der Waals surface area contributed by atoms with E-state index in [1.165, 1.54) is 0 Å². The first-order valence-electron chi connectivity index (χ1n) is 6.59. The Morgan fingerprint density at radius 3 is 2.45 bits per heavy atom. The Morgan fingerprint density at radius 2 is 1.82 bits per heavy atom. The number of aromatic nitrogens is 2. The molecule has 0 aliphatic rings. The van der Waals surface area contributed by atoms with Gasteiger partial charge in [-0.05, 0) is 30.7 Å². The molecule has 1 aromatic carbocycles. The minimum absolute atomic E-state index is 0.0170. The fraction of sp³-hybridized carbons (Fsp3) is 0.200. The molecule has 0 saturated carbocycles. The van der Waals surface area contributed by atoms with Crippen molar-refractivity contribution in [2.75, 3.05) is 18.1 Å². The third-order valence-corrected chi connectivity index (χ3v) is 2.90. The lowest BCUT2D eigenvalue weighted by molar-refractivity contribution is 0.313. The van der Waals surface area contributed by atoms with E-state index in [0.717, 1.165) is 0 Å². The lowest BCUT2D eigenvalue weighted by Gasteiger charge is -2.08. The van der Waals surface area contributed by atoms with Gasteiger partial charge in [-0.3, -0.25) is 0 Å². The molecular weight excluding hydrogens is 280 g/mol. The van der Waals surface area contributed by atoms with E-state index in [0.29, 0.717) is 36.5 Å². The maximum Gasteiger partial charge on any atom is 0.222 e. The normalized spacial score (nSPS) is 9.73. The number of hydrogen-bond acceptors (Lipinski definition) is 7. The van der Waals surface area contributed by atoms with Crippen molar-refractivity contribution in [2.24, 2.45) is 0 Å². The van der Waals surface area contributed by atoms with Crippen LogP contribution in [0.3, 0.4) is 0 Å². The molecule has 0 saturated heterocycles. The molecule has 2 aromatic rings. The lowest BCUT2D eigenvalue weighted by Crippen LogP contribution is -2.05. The summed E-state index contributed by atoms with van der Waals surface area (Å²) in [5, 5.41) is 17.6. The van der Waals surface area contributed by atoms with Crippen LogP contribution in [0.2, 0.25) is 0 Å². The maximum atomic E-state index is 9.17. The van der Waals surface area contributed by atoms with Gasteiger partial charge in [-0.2, -0.15) is 15.5 Å². The average Bonchev–Trinajstić information content (AvgIpc) is 2.51. The molecule has 1 heterocycles. The van der Waals surface area contributed by atoms with Gasteiger partial charge in [-0.15, -0.1) is 0 Å². The first kappa shape index (κ1) is 15.1. The predicted octanol–water partition coefficient (Wildman–Crippen LogP) is 1.86. The second-order valence-corrected chi connectivity index (χ2v) is 4.44. The Hall–Kier alpha value is -3.32. The second kappa shape index (κ2) is 6.91. The van der Waals surface area contributed by atoms with Crippen LogP contribution >= 0.6 is 0 Å². The molecule has 0 atom stereocenters. The van der Waals surface area contributed by atoms with Crippen molar-refractivity contribution >= 4 is 11.8 Å². The monoisotopic (exact) mass is 294 g/mol. The predicted molar refractivity (Wildman–Crippen MR) is 81.3 cm³/mol. The van der Waals surface area contributed by atoms with Crippen molar-refractivity contribution in [1.82, 2.24) is 9.97 Å². The summed E-state index contributed by atoms with van der Waals surface area (Å²) in [5.74, 6) is 0.750. The standard InChI is InChI=1S/C15H14N6O/c16-7-1-2-8-22-11-5-3-10(4-6-11)13-12(9-17)14(18)21-15(19)20-13/h3-6H,1-2,8H2,(H4,18,19,20,21). The first-order chi connectivity index (χ1) is 10.7.